The zero-order valence-corrected chi connectivity index (χ0v) is 15.1. The fourth-order valence-corrected chi connectivity index (χ4v) is 5.70. The number of aliphatic hydroxyl groups is 3. The summed E-state index contributed by atoms with van der Waals surface area (Å²) in [6.07, 6.45) is -0.713. The van der Waals surface area contributed by atoms with E-state index in [0.717, 1.165) is 0 Å². The molecule has 3 N–H and O–H groups in total. The summed E-state index contributed by atoms with van der Waals surface area (Å²) in [6.45, 7) is 2.06. The van der Waals surface area contributed by atoms with Crippen LogP contribution in [0.1, 0.15) is 51.4 Å². The van der Waals surface area contributed by atoms with Crippen molar-refractivity contribution in [3.8, 4) is 0 Å². The van der Waals surface area contributed by atoms with Gasteiger partial charge in [-0.25, -0.2) is 0 Å². The first-order valence-corrected chi connectivity index (χ1v) is 9.19. The normalized spacial score (nSPS) is 59.7. The second-order valence-electron chi connectivity index (χ2n) is 8.46. The minimum Gasteiger partial charge on any atom is -0.393 e. The molecular weight excluding hydrogens is 332 g/mol. The van der Waals surface area contributed by atoms with Crippen LogP contribution in [0.2, 0.25) is 0 Å². The second kappa shape index (κ2) is 5.60. The molecule has 26 heavy (non-hydrogen) atoms. The summed E-state index contributed by atoms with van der Waals surface area (Å²) in [5, 5.41) is 32.2. The largest absolute Gasteiger partial charge is 0.393 e. The molecule has 5 heteroatoms. The topological polar surface area (TPSA) is 94.8 Å². The molecular formula is C21H28O5. The van der Waals surface area contributed by atoms with E-state index >= 15 is 0 Å². The van der Waals surface area contributed by atoms with Gasteiger partial charge < -0.3 is 15.3 Å². The van der Waals surface area contributed by atoms with Crippen LogP contribution in [0.5, 0.6) is 0 Å². The average Bonchev–Trinajstić information content (AvgIpc) is 2.96. The van der Waals surface area contributed by atoms with Crippen molar-refractivity contribution >= 4 is 11.6 Å². The lowest BCUT2D eigenvalue weighted by atomic mass is 9.47. The summed E-state index contributed by atoms with van der Waals surface area (Å²) in [7, 11) is 0. The van der Waals surface area contributed by atoms with Gasteiger partial charge in [0, 0.05) is 21.8 Å². The van der Waals surface area contributed by atoms with Gasteiger partial charge in [-0.05, 0) is 54.5 Å². The van der Waals surface area contributed by atoms with Gasteiger partial charge in [0.25, 0.3) is 0 Å². The van der Waals surface area contributed by atoms with Crippen LogP contribution in [0.25, 0.3) is 0 Å². The number of hydrogen-bond acceptors (Lipinski definition) is 5. The Balaban J connectivity index is 2.01. The number of rotatable bonds is 2. The molecule has 0 aliphatic heterocycles. The van der Waals surface area contributed by atoms with E-state index in [2.05, 4.69) is 0 Å². The molecule has 2 fully saturated rings. The van der Waals surface area contributed by atoms with E-state index in [4.69, 9.17) is 4.11 Å². The number of Topliss-reactive ketones (excluding diaryl/α,β-unsaturated/α-hetero) is 1. The van der Waals surface area contributed by atoms with Crippen LogP contribution in [0.4, 0.5) is 0 Å². The highest BCUT2D eigenvalue weighted by atomic mass is 16.3. The third kappa shape index (κ3) is 2.08. The van der Waals surface area contributed by atoms with Crippen molar-refractivity contribution in [3.05, 3.63) is 23.8 Å². The highest BCUT2D eigenvalue weighted by Gasteiger charge is 2.67. The molecule has 0 aromatic heterocycles. The number of allylic oxidation sites excluding steroid dienone is 4. The first-order valence-electron chi connectivity index (χ1n) is 11.2. The van der Waals surface area contributed by atoms with Crippen molar-refractivity contribution in [2.75, 3.05) is 6.61 Å². The zero-order chi connectivity index (χ0) is 22.5. The highest BCUT2D eigenvalue weighted by molar-refractivity contribution is 5.92. The number of carbonyl (C=O) groups excluding carboxylic acids is 2. The quantitative estimate of drug-likeness (QED) is 0.691. The van der Waals surface area contributed by atoms with Crippen LogP contribution in [-0.4, -0.2) is 45.2 Å². The summed E-state index contributed by atoms with van der Waals surface area (Å²) in [5.41, 5.74) is -4.82. The molecule has 4 aliphatic rings. The van der Waals surface area contributed by atoms with Crippen LogP contribution >= 0.6 is 0 Å². The first kappa shape index (κ1) is 13.8. The summed E-state index contributed by atoms with van der Waals surface area (Å²) in [6, 6.07) is 0. The molecule has 5 nitrogen and oxygen atoms in total. The van der Waals surface area contributed by atoms with Gasteiger partial charge in [-0.1, -0.05) is 26.0 Å². The van der Waals surface area contributed by atoms with Gasteiger partial charge in [0.05, 0.1) is 7.45 Å². The van der Waals surface area contributed by atoms with Crippen molar-refractivity contribution in [2.45, 2.75) is 57.6 Å². The Morgan fingerprint density at radius 3 is 2.85 bits per heavy atom. The van der Waals surface area contributed by atoms with Crippen LogP contribution in [0.15, 0.2) is 23.8 Å². The molecule has 0 saturated heterocycles. The van der Waals surface area contributed by atoms with Gasteiger partial charge in [0.2, 0.25) is 0 Å². The maximum Gasteiger partial charge on any atom is 0.190 e. The van der Waals surface area contributed by atoms with Gasteiger partial charge in [-0.3, -0.25) is 9.59 Å². The van der Waals surface area contributed by atoms with Gasteiger partial charge in [-0.15, -0.1) is 0 Å². The third-order valence-electron chi connectivity index (χ3n) is 7.33. The lowest BCUT2D eigenvalue weighted by Gasteiger charge is -2.58. The predicted octanol–water partition coefficient (Wildman–Crippen LogP) is 1.56. The maximum atomic E-state index is 12.5. The molecule has 0 amide bonds. The minimum atomic E-state index is -3.01. The molecule has 0 aromatic rings. The Morgan fingerprint density at radius 1 is 1.42 bits per heavy atom. The van der Waals surface area contributed by atoms with E-state index in [0.29, 0.717) is 5.57 Å². The Hall–Kier alpha value is -1.30. The number of carbonyl (C=O) groups is 2. The molecule has 2 saturated carbocycles. The van der Waals surface area contributed by atoms with Gasteiger partial charge >= 0.3 is 0 Å². The molecule has 0 aromatic carbocycles. The number of aliphatic hydroxyl groups excluding tert-OH is 1. The molecule has 0 bridgehead atoms. The average molecular weight is 364 g/mol. The predicted molar refractivity (Wildman–Crippen MR) is 95.0 cm³/mol. The van der Waals surface area contributed by atoms with Crippen LogP contribution in [0, 0.1) is 28.6 Å². The van der Waals surface area contributed by atoms with Crippen molar-refractivity contribution < 1.29 is 30.4 Å². The summed E-state index contributed by atoms with van der Waals surface area (Å²) >= 11 is 0. The van der Waals surface area contributed by atoms with Crippen LogP contribution < -0.4 is 0 Å². The lowest BCUT2D eigenvalue weighted by molar-refractivity contribution is -0.174. The van der Waals surface area contributed by atoms with E-state index in [-0.39, 0.29) is 31.5 Å². The molecule has 4 aliphatic carbocycles. The van der Waals surface area contributed by atoms with E-state index < -0.39 is 59.0 Å². The van der Waals surface area contributed by atoms with Crippen molar-refractivity contribution in [1.29, 1.82) is 0 Å². The number of ketones is 2. The Morgan fingerprint density at radius 2 is 2.15 bits per heavy atom. The monoisotopic (exact) mass is 364 g/mol. The summed E-state index contributed by atoms with van der Waals surface area (Å²) in [4.78, 5) is 24.5. The number of fused-ring (bicyclic) bond motifs is 5. The summed E-state index contributed by atoms with van der Waals surface area (Å²) in [5.74, 6) is -4.66. The van der Waals surface area contributed by atoms with Crippen molar-refractivity contribution in [2.24, 2.45) is 28.6 Å². The minimum absolute atomic E-state index is 0.116. The first-order chi connectivity index (χ1) is 13.7. The molecule has 0 radical (unpaired) electrons. The second-order valence-corrected chi connectivity index (χ2v) is 8.46. The summed E-state index contributed by atoms with van der Waals surface area (Å²) < 4.78 is 36.0. The van der Waals surface area contributed by atoms with Crippen molar-refractivity contribution in [3.63, 3.8) is 0 Å². The van der Waals surface area contributed by atoms with E-state index in [1.165, 1.54) is 13.0 Å². The zero-order valence-electron chi connectivity index (χ0n) is 19.1. The smallest absolute Gasteiger partial charge is 0.190 e. The van der Waals surface area contributed by atoms with Crippen LogP contribution in [0.3, 0.4) is 0 Å². The maximum absolute atomic E-state index is 12.5. The Bertz CT molecular complexity index is 898. The molecule has 4 rings (SSSR count). The van der Waals surface area contributed by atoms with E-state index in [1.54, 1.807) is 19.1 Å². The Kier molecular flexibility index (Phi) is 2.97. The SMILES string of the molecule is [2H]C1([2H])[C@]([2H])(O)[C@@]2([2H])[C@@H](C=CC3=CC(=O)CC[C@@]32C)[C@@H]2CC[C@](O)(C(=O)CO)[C@]21C. The van der Waals surface area contributed by atoms with Crippen LogP contribution in [-0.2, 0) is 9.59 Å². The molecule has 0 heterocycles. The molecule has 7 atom stereocenters. The third-order valence-corrected chi connectivity index (χ3v) is 7.33. The van der Waals surface area contributed by atoms with Gasteiger partial charge in [0.15, 0.2) is 11.6 Å². The molecule has 0 unspecified atom stereocenters. The Labute approximate surface area is 159 Å². The standard InChI is InChI=1S/C21H28O5/c1-19-7-5-13(23)9-12(19)3-4-14-15-6-8-21(26,17(25)11-22)20(15,2)10-16(24)18(14)19/h3-4,9,14-16,18,22,24,26H,5-8,10-11H2,1-2H3/t14-,15-,16-,18+,19-,20-,21-/m0/s1/i10D2,16D,18D. The molecule has 0 spiro atoms. The fourth-order valence-electron chi connectivity index (χ4n) is 5.70. The van der Waals surface area contributed by atoms with Crippen molar-refractivity contribution in [1.82, 2.24) is 0 Å². The fraction of sp³-hybridized carbons (Fsp3) is 0.714. The lowest BCUT2D eigenvalue weighted by Crippen LogP contribution is -2.61. The van der Waals surface area contributed by atoms with E-state index in [9.17, 15) is 26.3 Å². The van der Waals surface area contributed by atoms with E-state index in [1.807, 2.05) is 0 Å². The van der Waals surface area contributed by atoms with Gasteiger partial charge in [0.1, 0.15) is 12.2 Å². The molecule has 142 valence electrons. The highest BCUT2D eigenvalue weighted by Crippen LogP contribution is 2.66. The van der Waals surface area contributed by atoms with Gasteiger partial charge in [-0.2, -0.15) is 0 Å². The number of hydrogen-bond donors (Lipinski definition) is 3.